The van der Waals surface area contributed by atoms with Gasteiger partial charge in [-0.2, -0.15) is 0 Å². The minimum Gasteiger partial charge on any atom is -0.495 e. The lowest BCUT2D eigenvalue weighted by atomic mass is 10.2. The molecular formula is C13H17ClN2O2. The molecule has 1 aromatic rings. The van der Waals surface area contributed by atoms with Crippen LogP contribution in [0, 0.1) is 0 Å². The largest absolute Gasteiger partial charge is 0.495 e. The third-order valence-corrected chi connectivity index (χ3v) is 3.44. The highest BCUT2D eigenvalue weighted by molar-refractivity contribution is 6.30. The molecule has 0 saturated carbocycles. The first kappa shape index (κ1) is 13.0. The fraction of sp³-hybridized carbons (Fsp3) is 0.462. The summed E-state index contributed by atoms with van der Waals surface area (Å²) in [4.78, 5) is 15.3. The van der Waals surface area contributed by atoms with Crippen LogP contribution in [0.25, 0.3) is 0 Å². The van der Waals surface area contributed by atoms with Crippen LogP contribution in [0.4, 0.5) is 5.69 Å². The number of carbonyl (C=O) groups is 1. The van der Waals surface area contributed by atoms with Crippen molar-refractivity contribution >= 4 is 23.2 Å². The van der Waals surface area contributed by atoms with Crippen LogP contribution in [0.5, 0.6) is 5.75 Å². The minimum absolute atomic E-state index is 0.132. The van der Waals surface area contributed by atoms with Crippen LogP contribution in [0.3, 0.4) is 0 Å². The number of carbonyl (C=O) groups excluding carboxylic acids is 1. The zero-order valence-electron chi connectivity index (χ0n) is 10.6. The summed E-state index contributed by atoms with van der Waals surface area (Å²) in [6.07, 6.45) is 0. The Balaban J connectivity index is 2.14. The summed E-state index contributed by atoms with van der Waals surface area (Å²) in [7, 11) is 1.65. The van der Waals surface area contributed by atoms with Crippen LogP contribution in [0.2, 0.25) is 5.02 Å². The molecule has 0 unspecified atom stereocenters. The standard InChI is InChI=1S/C13H17ClN2O2/c1-10(17)15-5-7-16(8-6-15)12-9-11(14)3-4-13(12)18-2/h3-4,9H,5-8H2,1-2H3. The summed E-state index contributed by atoms with van der Waals surface area (Å²) in [5, 5.41) is 0.694. The molecule has 0 bridgehead atoms. The molecule has 1 aliphatic heterocycles. The SMILES string of the molecule is COc1ccc(Cl)cc1N1CCN(C(C)=O)CC1. The van der Waals surface area contributed by atoms with E-state index in [4.69, 9.17) is 16.3 Å². The van der Waals surface area contributed by atoms with Gasteiger partial charge in [0.15, 0.2) is 0 Å². The molecule has 2 rings (SSSR count). The number of nitrogens with zero attached hydrogens (tertiary/aromatic N) is 2. The molecule has 98 valence electrons. The molecule has 0 spiro atoms. The van der Waals surface area contributed by atoms with Crippen LogP contribution in [0.15, 0.2) is 18.2 Å². The summed E-state index contributed by atoms with van der Waals surface area (Å²) in [6.45, 7) is 4.69. The highest BCUT2D eigenvalue weighted by Gasteiger charge is 2.21. The van der Waals surface area contributed by atoms with E-state index in [0.717, 1.165) is 37.6 Å². The van der Waals surface area contributed by atoms with Crippen molar-refractivity contribution in [1.29, 1.82) is 0 Å². The van der Waals surface area contributed by atoms with E-state index in [9.17, 15) is 4.79 Å². The maximum atomic E-state index is 11.3. The number of amides is 1. The molecule has 18 heavy (non-hydrogen) atoms. The van der Waals surface area contributed by atoms with Crippen molar-refractivity contribution in [2.24, 2.45) is 0 Å². The van der Waals surface area contributed by atoms with E-state index in [-0.39, 0.29) is 5.91 Å². The Morgan fingerprint density at radius 1 is 1.28 bits per heavy atom. The zero-order chi connectivity index (χ0) is 13.1. The van der Waals surface area contributed by atoms with Crippen molar-refractivity contribution in [3.63, 3.8) is 0 Å². The van der Waals surface area contributed by atoms with Gasteiger partial charge in [-0.15, -0.1) is 0 Å². The maximum absolute atomic E-state index is 11.3. The molecule has 1 saturated heterocycles. The van der Waals surface area contributed by atoms with Crippen LogP contribution >= 0.6 is 11.6 Å². The second-order valence-corrected chi connectivity index (χ2v) is 4.75. The van der Waals surface area contributed by atoms with E-state index in [0.29, 0.717) is 5.02 Å². The van der Waals surface area contributed by atoms with Crippen molar-refractivity contribution in [2.45, 2.75) is 6.92 Å². The Hall–Kier alpha value is -1.42. The van der Waals surface area contributed by atoms with Crippen molar-refractivity contribution in [3.8, 4) is 5.75 Å². The lowest BCUT2D eigenvalue weighted by molar-refractivity contribution is -0.129. The molecule has 0 aliphatic carbocycles. The van der Waals surface area contributed by atoms with E-state index >= 15 is 0 Å². The number of rotatable bonds is 2. The van der Waals surface area contributed by atoms with Gasteiger partial charge in [-0.05, 0) is 18.2 Å². The number of methoxy groups -OCH3 is 1. The Kier molecular flexibility index (Phi) is 3.97. The van der Waals surface area contributed by atoms with Crippen molar-refractivity contribution in [1.82, 2.24) is 4.90 Å². The van der Waals surface area contributed by atoms with Gasteiger partial charge in [0.1, 0.15) is 5.75 Å². The van der Waals surface area contributed by atoms with Gasteiger partial charge >= 0.3 is 0 Å². The van der Waals surface area contributed by atoms with Crippen molar-refractivity contribution in [3.05, 3.63) is 23.2 Å². The first-order valence-corrected chi connectivity index (χ1v) is 6.33. The van der Waals surface area contributed by atoms with Crippen LogP contribution in [-0.4, -0.2) is 44.1 Å². The second kappa shape index (κ2) is 5.48. The summed E-state index contributed by atoms with van der Waals surface area (Å²) in [5.74, 6) is 0.948. The van der Waals surface area contributed by atoms with Gasteiger partial charge in [-0.1, -0.05) is 11.6 Å². The highest BCUT2D eigenvalue weighted by Crippen LogP contribution is 2.31. The Bertz CT molecular complexity index is 443. The topological polar surface area (TPSA) is 32.8 Å². The number of ether oxygens (including phenoxy) is 1. The molecule has 1 heterocycles. The van der Waals surface area contributed by atoms with Crippen molar-refractivity contribution < 1.29 is 9.53 Å². The number of hydrogen-bond acceptors (Lipinski definition) is 3. The molecule has 0 atom stereocenters. The Morgan fingerprint density at radius 3 is 2.50 bits per heavy atom. The number of halogens is 1. The third kappa shape index (κ3) is 2.70. The quantitative estimate of drug-likeness (QED) is 0.823. The molecular weight excluding hydrogens is 252 g/mol. The number of anilines is 1. The first-order valence-electron chi connectivity index (χ1n) is 5.96. The van der Waals surface area contributed by atoms with Gasteiger partial charge in [-0.25, -0.2) is 0 Å². The fourth-order valence-corrected chi connectivity index (χ4v) is 2.34. The summed E-state index contributed by atoms with van der Waals surface area (Å²) < 4.78 is 5.35. The van der Waals surface area contributed by atoms with Crippen LogP contribution < -0.4 is 9.64 Å². The highest BCUT2D eigenvalue weighted by atomic mass is 35.5. The molecule has 0 N–H and O–H groups in total. The summed E-state index contributed by atoms with van der Waals surface area (Å²) in [6, 6.07) is 5.59. The lowest BCUT2D eigenvalue weighted by Gasteiger charge is -2.36. The van der Waals surface area contributed by atoms with Gasteiger partial charge in [-0.3, -0.25) is 4.79 Å². The number of piperazine rings is 1. The molecule has 5 heteroatoms. The van der Waals surface area contributed by atoms with E-state index in [1.165, 1.54) is 0 Å². The zero-order valence-corrected chi connectivity index (χ0v) is 11.4. The molecule has 1 fully saturated rings. The van der Waals surface area contributed by atoms with Crippen LogP contribution in [-0.2, 0) is 4.79 Å². The monoisotopic (exact) mass is 268 g/mol. The normalized spacial score (nSPS) is 15.7. The van der Waals surface area contributed by atoms with Crippen molar-refractivity contribution in [2.75, 3.05) is 38.2 Å². The van der Waals surface area contributed by atoms with E-state index in [1.54, 1.807) is 14.0 Å². The number of hydrogen-bond donors (Lipinski definition) is 0. The average molecular weight is 269 g/mol. The Morgan fingerprint density at radius 2 is 1.94 bits per heavy atom. The molecule has 0 radical (unpaired) electrons. The molecule has 1 amide bonds. The predicted molar refractivity (Wildman–Crippen MR) is 72.5 cm³/mol. The molecule has 4 nitrogen and oxygen atoms in total. The molecule has 1 aliphatic rings. The van der Waals surface area contributed by atoms with Gasteiger partial charge in [0.25, 0.3) is 0 Å². The second-order valence-electron chi connectivity index (χ2n) is 4.31. The van der Waals surface area contributed by atoms with Gasteiger partial charge in [0.2, 0.25) is 5.91 Å². The van der Waals surface area contributed by atoms with E-state index < -0.39 is 0 Å². The third-order valence-electron chi connectivity index (χ3n) is 3.21. The average Bonchev–Trinajstić information content (AvgIpc) is 2.39. The smallest absolute Gasteiger partial charge is 0.219 e. The number of benzene rings is 1. The predicted octanol–water partition coefficient (Wildman–Crippen LogP) is 2.02. The van der Waals surface area contributed by atoms with E-state index in [2.05, 4.69) is 4.90 Å². The van der Waals surface area contributed by atoms with Gasteiger partial charge in [0, 0.05) is 38.1 Å². The van der Waals surface area contributed by atoms with Gasteiger partial charge < -0.3 is 14.5 Å². The fourth-order valence-electron chi connectivity index (χ4n) is 2.17. The molecule has 1 aromatic carbocycles. The summed E-state index contributed by atoms with van der Waals surface area (Å²) in [5.41, 5.74) is 0.994. The first-order chi connectivity index (χ1) is 8.61. The Labute approximate surface area is 112 Å². The lowest BCUT2D eigenvalue weighted by Crippen LogP contribution is -2.48. The maximum Gasteiger partial charge on any atom is 0.219 e. The van der Waals surface area contributed by atoms with Crippen LogP contribution in [0.1, 0.15) is 6.92 Å². The summed E-state index contributed by atoms with van der Waals surface area (Å²) >= 11 is 6.03. The minimum atomic E-state index is 0.132. The molecule has 0 aromatic heterocycles. The van der Waals surface area contributed by atoms with Gasteiger partial charge in [0.05, 0.1) is 12.8 Å². The van der Waals surface area contributed by atoms with E-state index in [1.807, 2.05) is 23.1 Å².